The summed E-state index contributed by atoms with van der Waals surface area (Å²) in [6.07, 6.45) is 5.71. The Hall–Kier alpha value is -1.33. The van der Waals surface area contributed by atoms with Crippen molar-refractivity contribution in [3.63, 3.8) is 0 Å². The summed E-state index contributed by atoms with van der Waals surface area (Å²) < 4.78 is 10.3. The van der Waals surface area contributed by atoms with Crippen LogP contribution in [0, 0.1) is 12.3 Å². The van der Waals surface area contributed by atoms with Crippen LogP contribution in [0.1, 0.15) is 5.56 Å². The minimum absolute atomic E-state index is 0.472. The zero-order chi connectivity index (χ0) is 10.6. The van der Waals surface area contributed by atoms with E-state index >= 15 is 0 Å². The number of hydrogen-bond donors (Lipinski definition) is 0. The fraction of sp³-hybridized carbons (Fsp3) is 0.273. The summed E-state index contributed by atoms with van der Waals surface area (Å²) in [5.74, 6) is 3.79. The molecular weight excluding hydrogens is 200 g/mol. The molecule has 0 spiro atoms. The average molecular weight is 211 g/mol. The Bertz CT molecular complexity index is 366. The number of benzene rings is 1. The molecular formula is C11H11ClO2. The van der Waals surface area contributed by atoms with Crippen molar-refractivity contribution in [2.24, 2.45) is 0 Å². The van der Waals surface area contributed by atoms with E-state index in [9.17, 15) is 0 Å². The maximum Gasteiger partial charge on any atom is 0.164 e. The van der Waals surface area contributed by atoms with Gasteiger partial charge in [-0.1, -0.05) is 11.6 Å². The number of terminal acetylenes is 1. The van der Waals surface area contributed by atoms with E-state index in [1.807, 2.05) is 0 Å². The number of rotatable bonds is 3. The number of ether oxygens (including phenoxy) is 2. The van der Waals surface area contributed by atoms with E-state index in [-0.39, 0.29) is 0 Å². The topological polar surface area (TPSA) is 18.5 Å². The first-order valence-corrected chi connectivity index (χ1v) is 4.44. The minimum Gasteiger partial charge on any atom is -0.493 e. The molecule has 3 heteroatoms. The fourth-order valence-electron chi connectivity index (χ4n) is 1.25. The molecule has 1 aromatic rings. The molecule has 1 rings (SSSR count). The van der Waals surface area contributed by atoms with E-state index in [0.29, 0.717) is 22.9 Å². The van der Waals surface area contributed by atoms with Crippen molar-refractivity contribution in [2.75, 3.05) is 14.2 Å². The highest BCUT2D eigenvalue weighted by atomic mass is 35.5. The summed E-state index contributed by atoms with van der Waals surface area (Å²) in [6.45, 7) is 0. The summed E-state index contributed by atoms with van der Waals surface area (Å²) in [7, 11) is 3.14. The van der Waals surface area contributed by atoms with Gasteiger partial charge in [0, 0.05) is 23.1 Å². The molecule has 0 amide bonds. The lowest BCUT2D eigenvalue weighted by atomic mass is 10.1. The van der Waals surface area contributed by atoms with Gasteiger partial charge in [-0.25, -0.2) is 0 Å². The Kier molecular flexibility index (Phi) is 3.67. The van der Waals surface area contributed by atoms with Crippen LogP contribution < -0.4 is 9.47 Å². The van der Waals surface area contributed by atoms with Gasteiger partial charge < -0.3 is 9.47 Å². The third kappa shape index (κ3) is 2.12. The molecule has 14 heavy (non-hydrogen) atoms. The second kappa shape index (κ2) is 4.78. The van der Waals surface area contributed by atoms with E-state index in [1.165, 1.54) is 0 Å². The van der Waals surface area contributed by atoms with Crippen molar-refractivity contribution in [3.05, 3.63) is 22.7 Å². The predicted molar refractivity (Wildman–Crippen MR) is 57.1 cm³/mol. The molecule has 0 N–H and O–H groups in total. The molecule has 0 unspecified atom stereocenters. The zero-order valence-electron chi connectivity index (χ0n) is 8.13. The van der Waals surface area contributed by atoms with Crippen molar-refractivity contribution in [1.82, 2.24) is 0 Å². The SMILES string of the molecule is C#CCc1cc(Cl)cc(OC)c1OC. The van der Waals surface area contributed by atoms with Crippen LogP contribution in [-0.2, 0) is 6.42 Å². The first-order chi connectivity index (χ1) is 6.72. The second-order valence-electron chi connectivity index (χ2n) is 2.68. The maximum atomic E-state index is 5.89. The lowest BCUT2D eigenvalue weighted by Crippen LogP contribution is -1.95. The van der Waals surface area contributed by atoms with Gasteiger partial charge in [0.2, 0.25) is 0 Å². The van der Waals surface area contributed by atoms with Crippen LogP contribution in [0.4, 0.5) is 0 Å². The summed E-state index contributed by atoms with van der Waals surface area (Å²) >= 11 is 5.89. The van der Waals surface area contributed by atoms with Crippen LogP contribution in [0.3, 0.4) is 0 Å². The monoisotopic (exact) mass is 210 g/mol. The summed E-state index contributed by atoms with van der Waals surface area (Å²) in [5.41, 5.74) is 0.861. The second-order valence-corrected chi connectivity index (χ2v) is 3.12. The van der Waals surface area contributed by atoms with Crippen LogP contribution in [-0.4, -0.2) is 14.2 Å². The lowest BCUT2D eigenvalue weighted by molar-refractivity contribution is 0.352. The molecule has 0 aliphatic carbocycles. The number of methoxy groups -OCH3 is 2. The predicted octanol–water partition coefficient (Wildman–Crippen LogP) is 2.53. The van der Waals surface area contributed by atoms with Gasteiger partial charge in [0.25, 0.3) is 0 Å². The molecule has 0 aliphatic rings. The maximum absolute atomic E-state index is 5.89. The molecule has 74 valence electrons. The highest BCUT2D eigenvalue weighted by molar-refractivity contribution is 6.30. The van der Waals surface area contributed by atoms with Gasteiger partial charge in [0.15, 0.2) is 11.5 Å². The van der Waals surface area contributed by atoms with E-state index in [2.05, 4.69) is 5.92 Å². The van der Waals surface area contributed by atoms with E-state index in [4.69, 9.17) is 27.5 Å². The smallest absolute Gasteiger partial charge is 0.164 e. The molecule has 0 fully saturated rings. The van der Waals surface area contributed by atoms with Gasteiger partial charge in [0.05, 0.1) is 14.2 Å². The Morgan fingerprint density at radius 1 is 1.36 bits per heavy atom. The molecule has 0 radical (unpaired) electrons. The van der Waals surface area contributed by atoms with Crippen molar-refractivity contribution < 1.29 is 9.47 Å². The van der Waals surface area contributed by atoms with Gasteiger partial charge in [-0.05, 0) is 6.07 Å². The largest absolute Gasteiger partial charge is 0.493 e. The van der Waals surface area contributed by atoms with Crippen LogP contribution in [0.15, 0.2) is 12.1 Å². The Labute approximate surface area is 88.8 Å². The van der Waals surface area contributed by atoms with Gasteiger partial charge in [-0.2, -0.15) is 0 Å². The normalized spacial score (nSPS) is 9.29. The van der Waals surface area contributed by atoms with Crippen molar-refractivity contribution in [1.29, 1.82) is 0 Å². The molecule has 0 bridgehead atoms. The molecule has 0 atom stereocenters. The van der Waals surface area contributed by atoms with Crippen molar-refractivity contribution in [2.45, 2.75) is 6.42 Å². The highest BCUT2D eigenvalue weighted by Crippen LogP contribution is 2.34. The van der Waals surface area contributed by atoms with Gasteiger partial charge in [0.1, 0.15) is 0 Å². The van der Waals surface area contributed by atoms with E-state index in [0.717, 1.165) is 5.56 Å². The molecule has 0 aromatic heterocycles. The van der Waals surface area contributed by atoms with Crippen LogP contribution in [0.25, 0.3) is 0 Å². The highest BCUT2D eigenvalue weighted by Gasteiger charge is 2.10. The number of hydrogen-bond acceptors (Lipinski definition) is 2. The van der Waals surface area contributed by atoms with Gasteiger partial charge in [-0.3, -0.25) is 0 Å². The fourth-order valence-corrected chi connectivity index (χ4v) is 1.48. The van der Waals surface area contributed by atoms with Crippen LogP contribution in [0.2, 0.25) is 5.02 Å². The summed E-state index contributed by atoms with van der Waals surface area (Å²) in [4.78, 5) is 0. The third-order valence-corrected chi connectivity index (χ3v) is 2.03. The Morgan fingerprint density at radius 2 is 2.07 bits per heavy atom. The first-order valence-electron chi connectivity index (χ1n) is 4.06. The molecule has 0 saturated carbocycles. The van der Waals surface area contributed by atoms with E-state index in [1.54, 1.807) is 26.4 Å². The summed E-state index contributed by atoms with van der Waals surface area (Å²) in [6, 6.07) is 3.48. The molecule has 0 heterocycles. The lowest BCUT2D eigenvalue weighted by Gasteiger charge is -2.11. The molecule has 0 saturated heterocycles. The minimum atomic E-state index is 0.472. The Morgan fingerprint density at radius 3 is 2.57 bits per heavy atom. The standard InChI is InChI=1S/C11H11ClO2/c1-4-5-8-6-9(12)7-10(13-2)11(8)14-3/h1,6-7H,5H2,2-3H3. The van der Waals surface area contributed by atoms with Crippen LogP contribution in [0.5, 0.6) is 11.5 Å². The number of halogens is 1. The molecule has 1 aromatic carbocycles. The third-order valence-electron chi connectivity index (χ3n) is 1.81. The summed E-state index contributed by atoms with van der Waals surface area (Å²) in [5, 5.41) is 0.591. The van der Waals surface area contributed by atoms with Crippen molar-refractivity contribution in [3.8, 4) is 23.8 Å². The van der Waals surface area contributed by atoms with Gasteiger partial charge in [-0.15, -0.1) is 12.3 Å². The zero-order valence-corrected chi connectivity index (χ0v) is 8.89. The first kappa shape index (κ1) is 10.7. The Balaban J connectivity index is 3.25. The van der Waals surface area contributed by atoms with Crippen molar-refractivity contribution >= 4 is 11.6 Å². The average Bonchev–Trinajstić information content (AvgIpc) is 2.17. The van der Waals surface area contributed by atoms with E-state index < -0.39 is 0 Å². The van der Waals surface area contributed by atoms with Gasteiger partial charge >= 0.3 is 0 Å². The molecule has 2 nitrogen and oxygen atoms in total. The quantitative estimate of drug-likeness (QED) is 0.714. The van der Waals surface area contributed by atoms with Crippen LogP contribution >= 0.6 is 11.6 Å². The molecule has 0 aliphatic heterocycles.